The second kappa shape index (κ2) is 6.70. The average Bonchev–Trinajstić information content (AvgIpc) is 2.93. The molecule has 0 unspecified atom stereocenters. The molecule has 0 fully saturated rings. The van der Waals surface area contributed by atoms with Crippen molar-refractivity contribution in [3.05, 3.63) is 69.9 Å². The summed E-state index contributed by atoms with van der Waals surface area (Å²) in [6.07, 6.45) is 1.50. The van der Waals surface area contributed by atoms with Gasteiger partial charge in [0.2, 0.25) is 0 Å². The molecule has 0 aliphatic rings. The zero-order chi connectivity index (χ0) is 18.0. The number of hydrogen-bond acceptors (Lipinski definition) is 4. The van der Waals surface area contributed by atoms with Gasteiger partial charge in [0.25, 0.3) is 15.9 Å². The Hall–Kier alpha value is -2.64. The van der Waals surface area contributed by atoms with E-state index in [1.165, 1.54) is 6.08 Å². The summed E-state index contributed by atoms with van der Waals surface area (Å²) in [4.78, 5) is 11.9. The summed E-state index contributed by atoms with van der Waals surface area (Å²) in [5, 5.41) is 1.73. The van der Waals surface area contributed by atoms with Crippen LogP contribution in [0.4, 0.5) is 5.69 Å². The third-order valence-electron chi connectivity index (χ3n) is 3.58. The molecule has 1 amide bonds. The zero-order valence-electron chi connectivity index (χ0n) is 13.4. The number of carbonyl (C=O) groups is 1. The largest absolute Gasteiger partial charge is 0.365 e. The molecule has 3 aromatic rings. The van der Waals surface area contributed by atoms with Crippen LogP contribution in [0.3, 0.4) is 0 Å². The number of thiophene rings is 1. The molecule has 0 saturated heterocycles. The number of benzene rings is 2. The quantitative estimate of drug-likeness (QED) is 0.715. The number of sulfonamides is 1. The van der Waals surface area contributed by atoms with E-state index in [-0.39, 0.29) is 10.6 Å². The van der Waals surface area contributed by atoms with E-state index >= 15 is 0 Å². The molecular weight excluding hydrogens is 356 g/mol. The number of rotatable bonds is 5. The van der Waals surface area contributed by atoms with Crippen LogP contribution in [-0.4, -0.2) is 14.3 Å². The maximum atomic E-state index is 12.4. The molecule has 0 saturated carbocycles. The number of nitrogens with one attached hydrogen (secondary N) is 1. The molecule has 25 heavy (non-hydrogen) atoms. The van der Waals surface area contributed by atoms with Crippen LogP contribution in [0.15, 0.2) is 53.9 Å². The fourth-order valence-corrected chi connectivity index (χ4v) is 4.32. The first-order valence-corrected chi connectivity index (χ1v) is 9.81. The van der Waals surface area contributed by atoms with Crippen molar-refractivity contribution in [2.75, 3.05) is 4.72 Å². The normalized spacial score (nSPS) is 11.9. The molecule has 0 aliphatic heterocycles. The lowest BCUT2D eigenvalue weighted by atomic mass is 10.2. The Morgan fingerprint density at radius 2 is 1.80 bits per heavy atom. The van der Waals surface area contributed by atoms with Gasteiger partial charge in [-0.25, -0.2) is 8.42 Å². The molecule has 0 bridgehead atoms. The second-order valence-electron chi connectivity index (χ2n) is 5.53. The van der Waals surface area contributed by atoms with Crippen LogP contribution in [0.25, 0.3) is 16.2 Å². The maximum Gasteiger partial charge on any atom is 0.260 e. The number of nitrogens with two attached hydrogens (primary N) is 1. The van der Waals surface area contributed by atoms with Crippen LogP contribution in [0.1, 0.15) is 20.8 Å². The summed E-state index contributed by atoms with van der Waals surface area (Å²) in [5.74, 6) is -0.665. The van der Waals surface area contributed by atoms with Crippen molar-refractivity contribution in [2.24, 2.45) is 5.73 Å². The molecule has 1 aromatic heterocycles. The van der Waals surface area contributed by atoms with Gasteiger partial charge in [-0.1, -0.05) is 48.0 Å². The number of anilines is 1. The molecule has 1 heterocycles. The first kappa shape index (κ1) is 17.2. The van der Waals surface area contributed by atoms with Crippen molar-refractivity contribution < 1.29 is 13.2 Å². The predicted octanol–water partition coefficient (Wildman–Crippen LogP) is 3.72. The van der Waals surface area contributed by atoms with Gasteiger partial charge in [0, 0.05) is 10.1 Å². The lowest BCUT2D eigenvalue weighted by Gasteiger charge is -2.05. The molecule has 3 N–H and O–H groups in total. The topological polar surface area (TPSA) is 89.3 Å². The summed E-state index contributed by atoms with van der Waals surface area (Å²) >= 11 is 1.16. The van der Waals surface area contributed by atoms with Crippen molar-refractivity contribution in [3.63, 3.8) is 0 Å². The Labute approximate surface area is 149 Å². The molecule has 2 aromatic carbocycles. The van der Waals surface area contributed by atoms with E-state index in [0.717, 1.165) is 32.6 Å². The van der Waals surface area contributed by atoms with Gasteiger partial charge in [-0.05, 0) is 24.6 Å². The highest BCUT2D eigenvalue weighted by Crippen LogP contribution is 2.36. The van der Waals surface area contributed by atoms with E-state index in [9.17, 15) is 13.2 Å². The standard InChI is InChI=1S/C18H16N2O3S2/c1-12-6-8-13(9-7-12)10-11-25(22,23)20-16-14-4-2-3-5-15(14)24-17(16)18(19)21/h2-11,20H,1H3,(H2,19,21)/b11-10-. The van der Waals surface area contributed by atoms with E-state index in [1.54, 1.807) is 12.1 Å². The van der Waals surface area contributed by atoms with Gasteiger partial charge < -0.3 is 5.73 Å². The van der Waals surface area contributed by atoms with E-state index < -0.39 is 15.9 Å². The van der Waals surface area contributed by atoms with Crippen LogP contribution in [-0.2, 0) is 10.0 Å². The number of hydrogen-bond donors (Lipinski definition) is 2. The van der Waals surface area contributed by atoms with Crippen LogP contribution < -0.4 is 10.5 Å². The third kappa shape index (κ3) is 3.89. The number of primary amides is 1. The maximum absolute atomic E-state index is 12.4. The Morgan fingerprint density at radius 3 is 2.48 bits per heavy atom. The highest BCUT2D eigenvalue weighted by Gasteiger charge is 2.19. The fourth-order valence-electron chi connectivity index (χ4n) is 2.34. The Bertz CT molecular complexity index is 1070. The van der Waals surface area contributed by atoms with Gasteiger partial charge >= 0.3 is 0 Å². The van der Waals surface area contributed by atoms with Crippen LogP contribution >= 0.6 is 11.3 Å². The number of fused-ring (bicyclic) bond motifs is 1. The van der Waals surface area contributed by atoms with Crippen molar-refractivity contribution in [3.8, 4) is 0 Å². The van der Waals surface area contributed by atoms with E-state index in [2.05, 4.69) is 4.72 Å². The van der Waals surface area contributed by atoms with Crippen LogP contribution in [0.2, 0.25) is 0 Å². The minimum atomic E-state index is -3.79. The van der Waals surface area contributed by atoms with Gasteiger partial charge in [0.15, 0.2) is 0 Å². The average molecular weight is 372 g/mol. The summed E-state index contributed by atoms with van der Waals surface area (Å²) < 4.78 is 28.1. The van der Waals surface area contributed by atoms with Crippen LogP contribution in [0, 0.1) is 6.92 Å². The summed E-state index contributed by atoms with van der Waals surface area (Å²) in [6, 6.07) is 14.6. The third-order valence-corrected chi connectivity index (χ3v) is 5.75. The molecule has 7 heteroatoms. The number of amides is 1. The lowest BCUT2D eigenvalue weighted by molar-refractivity contribution is 0.100. The summed E-state index contributed by atoms with van der Waals surface area (Å²) in [5.41, 5.74) is 7.48. The first-order valence-electron chi connectivity index (χ1n) is 7.44. The van der Waals surface area contributed by atoms with Crippen molar-refractivity contribution in [1.82, 2.24) is 0 Å². The monoisotopic (exact) mass is 372 g/mol. The summed E-state index contributed by atoms with van der Waals surface area (Å²) in [6.45, 7) is 1.96. The first-order chi connectivity index (χ1) is 11.9. The van der Waals surface area contributed by atoms with Crippen molar-refractivity contribution in [2.45, 2.75) is 6.92 Å². The molecule has 3 rings (SSSR count). The van der Waals surface area contributed by atoms with Gasteiger partial charge in [0.05, 0.1) is 11.1 Å². The Kier molecular flexibility index (Phi) is 4.61. The number of carbonyl (C=O) groups excluding carboxylic acids is 1. The Morgan fingerprint density at radius 1 is 1.12 bits per heavy atom. The molecule has 128 valence electrons. The van der Waals surface area contributed by atoms with E-state index in [4.69, 9.17) is 5.73 Å². The molecular formula is C18H16N2O3S2. The molecule has 0 radical (unpaired) electrons. The van der Waals surface area contributed by atoms with Gasteiger partial charge in [-0.2, -0.15) is 0 Å². The predicted molar refractivity (Wildman–Crippen MR) is 103 cm³/mol. The molecule has 0 atom stereocenters. The SMILES string of the molecule is Cc1ccc(/C=C\S(=O)(=O)Nc2c(C(N)=O)sc3ccccc23)cc1. The van der Waals surface area contributed by atoms with Crippen molar-refractivity contribution >= 4 is 49.1 Å². The van der Waals surface area contributed by atoms with E-state index in [1.807, 2.05) is 43.3 Å². The molecule has 0 spiro atoms. The highest BCUT2D eigenvalue weighted by molar-refractivity contribution is 7.95. The molecule has 0 aliphatic carbocycles. The number of aryl methyl sites for hydroxylation is 1. The van der Waals surface area contributed by atoms with Gasteiger partial charge in [-0.15, -0.1) is 11.3 Å². The minimum absolute atomic E-state index is 0.188. The highest BCUT2D eigenvalue weighted by atomic mass is 32.2. The lowest BCUT2D eigenvalue weighted by Crippen LogP contribution is -2.15. The zero-order valence-corrected chi connectivity index (χ0v) is 15.0. The minimum Gasteiger partial charge on any atom is -0.365 e. The second-order valence-corrected chi connectivity index (χ2v) is 8.15. The van der Waals surface area contributed by atoms with E-state index in [0.29, 0.717) is 5.39 Å². The van der Waals surface area contributed by atoms with Gasteiger partial charge in [0.1, 0.15) is 4.88 Å². The van der Waals surface area contributed by atoms with Gasteiger partial charge in [-0.3, -0.25) is 9.52 Å². The summed E-state index contributed by atoms with van der Waals surface area (Å²) in [7, 11) is -3.79. The Balaban J connectivity index is 1.95. The van der Waals surface area contributed by atoms with Crippen molar-refractivity contribution in [1.29, 1.82) is 0 Å². The van der Waals surface area contributed by atoms with Crippen LogP contribution in [0.5, 0.6) is 0 Å². The smallest absolute Gasteiger partial charge is 0.260 e. The molecule has 5 nitrogen and oxygen atoms in total. The fraction of sp³-hybridized carbons (Fsp3) is 0.0556.